The first-order chi connectivity index (χ1) is 14.9. The summed E-state index contributed by atoms with van der Waals surface area (Å²) in [4.78, 5) is 52.6. The van der Waals surface area contributed by atoms with Crippen LogP contribution in [0, 0.1) is 0 Å². The van der Waals surface area contributed by atoms with Crippen molar-refractivity contribution in [2.45, 2.75) is 38.3 Å². The number of fused-ring (bicyclic) bond motifs is 2. The first-order valence-corrected chi connectivity index (χ1v) is 10.4. The molecule has 2 aromatic carbocycles. The summed E-state index contributed by atoms with van der Waals surface area (Å²) < 4.78 is 0. The van der Waals surface area contributed by atoms with E-state index < -0.39 is 11.9 Å². The Labute approximate surface area is 179 Å². The molecular formula is C23H22N4O4. The van der Waals surface area contributed by atoms with Crippen molar-refractivity contribution >= 4 is 35.1 Å². The molecule has 1 saturated heterocycles. The van der Waals surface area contributed by atoms with Crippen LogP contribution in [0.15, 0.2) is 42.5 Å². The first kappa shape index (κ1) is 19.3. The molecule has 0 spiro atoms. The maximum absolute atomic E-state index is 12.9. The maximum atomic E-state index is 12.9. The van der Waals surface area contributed by atoms with Gasteiger partial charge < -0.3 is 10.2 Å². The average Bonchev–Trinajstić information content (AvgIpc) is 3.25. The van der Waals surface area contributed by atoms with Gasteiger partial charge in [-0.25, -0.2) is 4.79 Å². The van der Waals surface area contributed by atoms with E-state index in [4.69, 9.17) is 0 Å². The van der Waals surface area contributed by atoms with Crippen LogP contribution in [0.3, 0.4) is 0 Å². The molecule has 3 heterocycles. The van der Waals surface area contributed by atoms with Crippen molar-refractivity contribution in [3.63, 3.8) is 0 Å². The van der Waals surface area contributed by atoms with Crippen LogP contribution in [0.1, 0.15) is 47.2 Å². The normalized spacial score (nSPS) is 22.3. The van der Waals surface area contributed by atoms with E-state index in [0.717, 1.165) is 16.8 Å². The fraction of sp³-hybridized carbons (Fsp3) is 0.304. The molecule has 0 radical (unpaired) electrons. The minimum absolute atomic E-state index is 0.216. The van der Waals surface area contributed by atoms with Crippen molar-refractivity contribution in [1.82, 2.24) is 10.2 Å². The molecule has 5 rings (SSSR count). The van der Waals surface area contributed by atoms with Crippen LogP contribution in [-0.4, -0.2) is 41.2 Å². The fourth-order valence-corrected chi connectivity index (χ4v) is 4.66. The van der Waals surface area contributed by atoms with Gasteiger partial charge in [-0.15, -0.1) is 0 Å². The van der Waals surface area contributed by atoms with Crippen molar-refractivity contribution in [1.29, 1.82) is 0 Å². The third kappa shape index (κ3) is 3.24. The Kier molecular flexibility index (Phi) is 4.50. The Morgan fingerprint density at radius 1 is 1.13 bits per heavy atom. The molecule has 2 atom stereocenters. The van der Waals surface area contributed by atoms with Crippen molar-refractivity contribution in [2.75, 3.05) is 16.8 Å². The van der Waals surface area contributed by atoms with Gasteiger partial charge in [-0.05, 0) is 41.8 Å². The van der Waals surface area contributed by atoms with Gasteiger partial charge in [0.1, 0.15) is 6.04 Å². The van der Waals surface area contributed by atoms with Crippen LogP contribution in [0.4, 0.5) is 16.2 Å². The number of amides is 5. The van der Waals surface area contributed by atoms with E-state index in [1.165, 1.54) is 4.90 Å². The molecule has 0 bridgehead atoms. The summed E-state index contributed by atoms with van der Waals surface area (Å²) >= 11 is 0. The Hall–Kier alpha value is -3.68. The lowest BCUT2D eigenvalue weighted by atomic mass is 10.0. The fourth-order valence-electron chi connectivity index (χ4n) is 4.66. The van der Waals surface area contributed by atoms with Crippen molar-refractivity contribution in [3.05, 3.63) is 59.2 Å². The molecule has 1 unspecified atom stereocenters. The van der Waals surface area contributed by atoms with Gasteiger partial charge in [0.15, 0.2) is 0 Å². The molecule has 158 valence electrons. The number of piperidine rings is 1. The molecule has 8 heteroatoms. The number of urea groups is 1. The topological polar surface area (TPSA) is 98.8 Å². The number of nitrogens with one attached hydrogen (secondary N) is 2. The molecule has 2 N–H and O–H groups in total. The number of hydrogen-bond acceptors (Lipinski definition) is 4. The minimum Gasteiger partial charge on any atom is -0.322 e. The van der Waals surface area contributed by atoms with Crippen LogP contribution in [0.2, 0.25) is 0 Å². The minimum atomic E-state index is -0.654. The van der Waals surface area contributed by atoms with Crippen LogP contribution < -0.4 is 15.5 Å². The van der Waals surface area contributed by atoms with Gasteiger partial charge in [-0.2, -0.15) is 0 Å². The highest BCUT2D eigenvalue weighted by atomic mass is 16.2. The van der Waals surface area contributed by atoms with Gasteiger partial charge in [0, 0.05) is 42.4 Å². The molecule has 5 amide bonds. The average molecular weight is 418 g/mol. The van der Waals surface area contributed by atoms with Gasteiger partial charge in [0.25, 0.3) is 5.91 Å². The Morgan fingerprint density at radius 2 is 1.94 bits per heavy atom. The SMILES string of the molecule is C[C@H]1CN(C(=O)Nc2ccc3c(c2)CN(C2CCC(=O)NC2=O)C3=O)c2ccccc21. The number of nitrogens with zero attached hydrogens (tertiary/aromatic N) is 2. The third-order valence-electron chi connectivity index (χ3n) is 6.23. The first-order valence-electron chi connectivity index (χ1n) is 10.4. The lowest BCUT2D eigenvalue weighted by molar-refractivity contribution is -0.136. The molecule has 0 aliphatic carbocycles. The second kappa shape index (κ2) is 7.23. The maximum Gasteiger partial charge on any atom is 0.326 e. The summed E-state index contributed by atoms with van der Waals surface area (Å²) in [7, 11) is 0. The van der Waals surface area contributed by atoms with E-state index in [2.05, 4.69) is 17.6 Å². The number of imide groups is 1. The summed E-state index contributed by atoms with van der Waals surface area (Å²) in [6.07, 6.45) is 0.536. The highest BCUT2D eigenvalue weighted by molar-refractivity contribution is 6.06. The lowest BCUT2D eigenvalue weighted by Gasteiger charge is -2.29. The number of anilines is 2. The van der Waals surface area contributed by atoms with Gasteiger partial charge in [0.2, 0.25) is 11.8 Å². The predicted octanol–water partition coefficient (Wildman–Crippen LogP) is 2.60. The molecule has 0 saturated carbocycles. The van der Waals surface area contributed by atoms with Crippen molar-refractivity contribution in [2.24, 2.45) is 0 Å². The second-order valence-corrected chi connectivity index (χ2v) is 8.27. The number of hydrogen-bond donors (Lipinski definition) is 2. The van der Waals surface area contributed by atoms with Gasteiger partial charge in [0.05, 0.1) is 0 Å². The van der Waals surface area contributed by atoms with Crippen molar-refractivity contribution in [3.8, 4) is 0 Å². The molecule has 3 aliphatic rings. The zero-order valence-electron chi connectivity index (χ0n) is 17.1. The van der Waals surface area contributed by atoms with Crippen LogP contribution in [0.5, 0.6) is 0 Å². The second-order valence-electron chi connectivity index (χ2n) is 8.27. The smallest absolute Gasteiger partial charge is 0.322 e. The molecule has 0 aromatic heterocycles. The number of carbonyl (C=O) groups is 4. The highest BCUT2D eigenvalue weighted by Crippen LogP contribution is 2.36. The lowest BCUT2D eigenvalue weighted by Crippen LogP contribution is -2.52. The zero-order chi connectivity index (χ0) is 21.7. The van der Waals surface area contributed by atoms with E-state index in [1.54, 1.807) is 23.1 Å². The standard InChI is InChI=1S/C23H22N4O4/c1-13-11-27(18-5-3-2-4-16(13)18)23(31)24-15-6-7-17-14(10-15)12-26(22(17)30)19-8-9-20(28)25-21(19)29/h2-7,10,13,19H,8-9,11-12H2,1H3,(H,24,31)(H,25,28,29)/t13-,19?/m0/s1. The van der Waals surface area contributed by atoms with Gasteiger partial charge in [-0.1, -0.05) is 25.1 Å². The molecule has 1 fully saturated rings. The molecular weight excluding hydrogens is 396 g/mol. The summed E-state index contributed by atoms with van der Waals surface area (Å²) in [5, 5.41) is 5.23. The van der Waals surface area contributed by atoms with Gasteiger partial charge >= 0.3 is 6.03 Å². The van der Waals surface area contributed by atoms with Crippen molar-refractivity contribution < 1.29 is 19.2 Å². The Bertz CT molecular complexity index is 1130. The molecule has 2 aromatic rings. The quantitative estimate of drug-likeness (QED) is 0.733. The zero-order valence-corrected chi connectivity index (χ0v) is 17.1. The van der Waals surface area contributed by atoms with Crippen LogP contribution in [0.25, 0.3) is 0 Å². The Balaban J connectivity index is 1.32. The van der Waals surface area contributed by atoms with Gasteiger partial charge in [-0.3, -0.25) is 24.6 Å². The van der Waals surface area contributed by atoms with E-state index in [0.29, 0.717) is 24.2 Å². The van der Waals surface area contributed by atoms with E-state index in [-0.39, 0.29) is 36.7 Å². The number of benzene rings is 2. The number of rotatable bonds is 2. The summed E-state index contributed by atoms with van der Waals surface area (Å²) in [5.74, 6) is -0.715. The van der Waals surface area contributed by atoms with E-state index in [9.17, 15) is 19.2 Å². The summed E-state index contributed by atoms with van der Waals surface area (Å²) in [5.41, 5.74) is 3.93. The molecule has 3 aliphatic heterocycles. The summed E-state index contributed by atoms with van der Waals surface area (Å²) in [6, 6.07) is 12.2. The number of carbonyl (C=O) groups excluding carboxylic acids is 4. The Morgan fingerprint density at radius 3 is 2.74 bits per heavy atom. The summed E-state index contributed by atoms with van der Waals surface area (Å²) in [6.45, 7) is 2.97. The van der Waals surface area contributed by atoms with Crippen LogP contribution >= 0.6 is 0 Å². The van der Waals surface area contributed by atoms with E-state index >= 15 is 0 Å². The molecule has 8 nitrogen and oxygen atoms in total. The monoisotopic (exact) mass is 418 g/mol. The molecule has 31 heavy (non-hydrogen) atoms. The highest BCUT2D eigenvalue weighted by Gasteiger charge is 2.39. The van der Waals surface area contributed by atoms with E-state index in [1.807, 2.05) is 24.3 Å². The predicted molar refractivity (Wildman–Crippen MR) is 114 cm³/mol. The third-order valence-corrected chi connectivity index (χ3v) is 6.23. The number of para-hydroxylation sites is 1. The van der Waals surface area contributed by atoms with Crippen LogP contribution in [-0.2, 0) is 16.1 Å². The largest absolute Gasteiger partial charge is 0.326 e.